The van der Waals surface area contributed by atoms with Gasteiger partial charge in [-0.25, -0.2) is 4.98 Å². The summed E-state index contributed by atoms with van der Waals surface area (Å²) in [7, 11) is 6.42. The number of oxazole rings is 1. The van der Waals surface area contributed by atoms with Gasteiger partial charge < -0.3 is 19.3 Å². The second-order valence-corrected chi connectivity index (χ2v) is 10.5. The first-order chi connectivity index (χ1) is 16.4. The van der Waals surface area contributed by atoms with Gasteiger partial charge in [0.2, 0.25) is 5.89 Å². The smallest absolute Gasteiger partial charge is 0.231 e. The molecule has 1 saturated carbocycles. The van der Waals surface area contributed by atoms with E-state index in [1.807, 2.05) is 43.6 Å². The zero-order chi connectivity index (χ0) is 24.0. The molecule has 4 rings (SSSR count). The molecule has 1 aliphatic carbocycles. The van der Waals surface area contributed by atoms with E-state index < -0.39 is 5.60 Å². The van der Waals surface area contributed by atoms with Gasteiger partial charge in [0.05, 0.1) is 26.8 Å². The lowest BCUT2D eigenvalue weighted by molar-refractivity contribution is -0.904. The molecule has 2 aromatic carbocycles. The SMILES string of the molecule is CNCc1ccc(CC[N+](C)(C)Cc2cnc(C(O)(c3ccccc3)C3CCCCC3)o2)cc1. The van der Waals surface area contributed by atoms with Gasteiger partial charge in [0.25, 0.3) is 0 Å². The highest BCUT2D eigenvalue weighted by Gasteiger charge is 2.44. The standard InChI is InChI=1S/C29H40N3O2/c1-30-20-24-16-14-23(15-17-24)18-19-32(2,3)22-27-21-31-28(34-27)29(33,25-10-6-4-7-11-25)26-12-8-5-9-13-26/h4,6-7,10-11,14-17,21,26,30,33H,5,8-9,12-13,18-20,22H2,1-3H3/q+1. The average Bonchev–Trinajstić information content (AvgIpc) is 3.32. The Balaban J connectivity index is 1.47. The number of rotatable bonds is 10. The molecule has 1 heterocycles. The molecule has 5 heteroatoms. The summed E-state index contributed by atoms with van der Waals surface area (Å²) < 4.78 is 7.10. The van der Waals surface area contributed by atoms with E-state index in [0.717, 1.165) is 67.5 Å². The van der Waals surface area contributed by atoms with E-state index in [0.29, 0.717) is 5.89 Å². The predicted octanol–water partition coefficient (Wildman–Crippen LogP) is 5.03. The summed E-state index contributed by atoms with van der Waals surface area (Å²) in [5, 5.41) is 15.2. The normalized spacial score (nSPS) is 16.9. The van der Waals surface area contributed by atoms with E-state index in [1.165, 1.54) is 17.5 Å². The molecule has 1 atom stereocenters. The second-order valence-electron chi connectivity index (χ2n) is 10.5. The molecule has 0 saturated heterocycles. The molecule has 1 fully saturated rings. The van der Waals surface area contributed by atoms with Crippen LogP contribution in [0.2, 0.25) is 0 Å². The number of nitrogens with zero attached hydrogens (tertiary/aromatic N) is 2. The van der Waals surface area contributed by atoms with Crippen LogP contribution in [0.5, 0.6) is 0 Å². The van der Waals surface area contributed by atoms with E-state index in [1.54, 1.807) is 0 Å². The molecule has 2 N–H and O–H groups in total. The van der Waals surface area contributed by atoms with E-state index in [-0.39, 0.29) is 5.92 Å². The van der Waals surface area contributed by atoms with Gasteiger partial charge in [-0.2, -0.15) is 0 Å². The maximum absolute atomic E-state index is 12.0. The van der Waals surface area contributed by atoms with E-state index in [4.69, 9.17) is 4.42 Å². The van der Waals surface area contributed by atoms with Crippen molar-refractivity contribution in [3.05, 3.63) is 89.1 Å². The molecule has 0 aliphatic heterocycles. The molecule has 0 bridgehead atoms. The van der Waals surface area contributed by atoms with Gasteiger partial charge in [-0.05, 0) is 36.6 Å². The van der Waals surface area contributed by atoms with Crippen molar-refractivity contribution in [2.75, 3.05) is 27.7 Å². The first-order valence-corrected chi connectivity index (χ1v) is 12.7. The van der Waals surface area contributed by atoms with Crippen LogP contribution in [-0.2, 0) is 25.1 Å². The average molecular weight is 463 g/mol. The summed E-state index contributed by atoms with van der Waals surface area (Å²) in [5.74, 6) is 1.40. The number of hydrogen-bond donors (Lipinski definition) is 2. The van der Waals surface area contributed by atoms with Gasteiger partial charge in [-0.1, -0.05) is 73.9 Å². The molecule has 34 heavy (non-hydrogen) atoms. The Labute approximate surface area is 204 Å². The summed E-state index contributed by atoms with van der Waals surface area (Å²) in [6.45, 7) is 2.62. The lowest BCUT2D eigenvalue weighted by atomic mass is 9.73. The third-order valence-electron chi connectivity index (χ3n) is 7.28. The largest absolute Gasteiger partial charge is 0.436 e. The number of aromatic nitrogens is 1. The highest BCUT2D eigenvalue weighted by molar-refractivity contribution is 5.30. The zero-order valence-corrected chi connectivity index (χ0v) is 21.0. The summed E-state index contributed by atoms with van der Waals surface area (Å²) in [4.78, 5) is 4.64. The topological polar surface area (TPSA) is 58.3 Å². The van der Waals surface area contributed by atoms with Crippen LogP contribution in [0.25, 0.3) is 0 Å². The van der Waals surface area contributed by atoms with Crippen molar-refractivity contribution in [1.82, 2.24) is 10.3 Å². The van der Waals surface area contributed by atoms with Gasteiger partial charge in [0, 0.05) is 18.9 Å². The Kier molecular flexibility index (Phi) is 7.87. The number of likely N-dealkylation sites (N-methyl/N-ethyl adjacent to an activating group) is 1. The lowest BCUT2D eigenvalue weighted by Gasteiger charge is -2.36. The molecule has 1 unspecified atom stereocenters. The Morgan fingerprint density at radius 2 is 1.68 bits per heavy atom. The van der Waals surface area contributed by atoms with Crippen molar-refractivity contribution in [2.45, 2.75) is 57.2 Å². The Morgan fingerprint density at radius 3 is 2.35 bits per heavy atom. The Hall–Kier alpha value is -2.47. The van der Waals surface area contributed by atoms with Crippen LogP contribution in [0, 0.1) is 5.92 Å². The maximum Gasteiger partial charge on any atom is 0.231 e. The minimum absolute atomic E-state index is 0.128. The third-order valence-corrected chi connectivity index (χ3v) is 7.28. The highest BCUT2D eigenvalue weighted by atomic mass is 16.4. The molecular formula is C29H40N3O2+. The predicted molar refractivity (Wildman–Crippen MR) is 136 cm³/mol. The number of quaternary nitrogens is 1. The molecule has 1 aromatic heterocycles. The Morgan fingerprint density at radius 1 is 1.00 bits per heavy atom. The van der Waals surface area contributed by atoms with Crippen molar-refractivity contribution in [3.8, 4) is 0 Å². The molecule has 0 amide bonds. The van der Waals surface area contributed by atoms with Crippen molar-refractivity contribution >= 4 is 0 Å². The number of aliphatic hydroxyl groups is 1. The number of benzene rings is 2. The van der Waals surface area contributed by atoms with E-state index >= 15 is 0 Å². The first kappa shape index (κ1) is 24.6. The van der Waals surface area contributed by atoms with Gasteiger partial charge in [0.1, 0.15) is 6.54 Å². The van der Waals surface area contributed by atoms with Gasteiger partial charge in [-0.3, -0.25) is 0 Å². The van der Waals surface area contributed by atoms with Crippen LogP contribution in [0.1, 0.15) is 60.4 Å². The fourth-order valence-electron chi connectivity index (χ4n) is 5.26. The fraction of sp³-hybridized carbons (Fsp3) is 0.483. The minimum atomic E-state index is -1.17. The molecule has 3 aromatic rings. The van der Waals surface area contributed by atoms with Crippen LogP contribution in [0.3, 0.4) is 0 Å². The van der Waals surface area contributed by atoms with Crippen molar-refractivity contribution in [2.24, 2.45) is 5.92 Å². The van der Waals surface area contributed by atoms with Crippen LogP contribution in [0.4, 0.5) is 0 Å². The van der Waals surface area contributed by atoms with Gasteiger partial charge in [-0.15, -0.1) is 0 Å². The van der Waals surface area contributed by atoms with Gasteiger partial charge >= 0.3 is 0 Å². The fourth-order valence-corrected chi connectivity index (χ4v) is 5.26. The zero-order valence-electron chi connectivity index (χ0n) is 21.0. The third kappa shape index (κ3) is 5.77. The number of hydrogen-bond acceptors (Lipinski definition) is 4. The van der Waals surface area contributed by atoms with Crippen LogP contribution in [-0.4, -0.2) is 42.3 Å². The summed E-state index contributed by atoms with van der Waals surface area (Å²) >= 11 is 0. The molecule has 5 nitrogen and oxygen atoms in total. The van der Waals surface area contributed by atoms with E-state index in [9.17, 15) is 5.11 Å². The Bertz CT molecular complexity index is 1020. The summed E-state index contributed by atoms with van der Waals surface area (Å²) in [5.41, 5.74) is 2.36. The van der Waals surface area contributed by atoms with Crippen LogP contribution in [0.15, 0.2) is 65.2 Å². The molecule has 0 spiro atoms. The monoisotopic (exact) mass is 462 g/mol. The van der Waals surface area contributed by atoms with Crippen LogP contribution < -0.4 is 5.32 Å². The molecular weight excluding hydrogens is 422 g/mol. The molecule has 1 aliphatic rings. The molecule has 182 valence electrons. The summed E-state index contributed by atoms with van der Waals surface area (Å²) in [6, 6.07) is 18.8. The van der Waals surface area contributed by atoms with E-state index in [2.05, 4.69) is 48.7 Å². The quantitative estimate of drug-likeness (QED) is 0.415. The molecule has 0 radical (unpaired) electrons. The minimum Gasteiger partial charge on any atom is -0.436 e. The second kappa shape index (κ2) is 10.9. The van der Waals surface area contributed by atoms with Crippen molar-refractivity contribution in [1.29, 1.82) is 0 Å². The van der Waals surface area contributed by atoms with Crippen molar-refractivity contribution < 1.29 is 14.0 Å². The van der Waals surface area contributed by atoms with Crippen molar-refractivity contribution in [3.63, 3.8) is 0 Å². The summed E-state index contributed by atoms with van der Waals surface area (Å²) in [6.07, 6.45) is 8.35. The lowest BCUT2D eigenvalue weighted by Crippen LogP contribution is -2.40. The van der Waals surface area contributed by atoms with Crippen LogP contribution >= 0.6 is 0 Å². The van der Waals surface area contributed by atoms with Gasteiger partial charge in [0.15, 0.2) is 11.4 Å². The maximum atomic E-state index is 12.0. The number of nitrogens with one attached hydrogen (secondary N) is 1. The first-order valence-electron chi connectivity index (χ1n) is 12.7. The highest BCUT2D eigenvalue weighted by Crippen LogP contribution is 2.43.